The van der Waals surface area contributed by atoms with Crippen LogP contribution in [0.3, 0.4) is 0 Å². The first-order valence-electron chi connectivity index (χ1n) is 6.61. The first kappa shape index (κ1) is 13.9. The molecule has 3 rings (SSSR count). The number of hydrogen-bond donors (Lipinski definition) is 1. The van der Waals surface area contributed by atoms with Gasteiger partial charge in [-0.15, -0.1) is 0 Å². The summed E-state index contributed by atoms with van der Waals surface area (Å²) >= 11 is 2.23. The molecule has 2 nitrogen and oxygen atoms in total. The van der Waals surface area contributed by atoms with E-state index in [1.54, 1.807) is 0 Å². The molecule has 0 bridgehead atoms. The van der Waals surface area contributed by atoms with Crippen LogP contribution in [-0.2, 0) is 0 Å². The minimum atomic E-state index is 0.647. The van der Waals surface area contributed by atoms with Crippen LogP contribution in [0.2, 0.25) is 0 Å². The second-order valence-corrected chi connectivity index (χ2v) is 5.92. The van der Waals surface area contributed by atoms with Gasteiger partial charge in [-0.1, -0.05) is 42.5 Å². The molecule has 0 aliphatic heterocycles. The van der Waals surface area contributed by atoms with E-state index in [2.05, 4.69) is 34.7 Å². The summed E-state index contributed by atoms with van der Waals surface area (Å²) in [4.78, 5) is 0. The average molecular weight is 387 g/mol. The number of rotatable bonds is 3. The van der Waals surface area contributed by atoms with Crippen LogP contribution in [-0.4, -0.2) is 0 Å². The van der Waals surface area contributed by atoms with Crippen molar-refractivity contribution in [3.05, 3.63) is 76.4 Å². The fraction of sp³-hybridized carbons (Fsp3) is 0. The van der Waals surface area contributed by atoms with Crippen molar-refractivity contribution in [3.63, 3.8) is 0 Å². The first-order valence-corrected chi connectivity index (χ1v) is 7.68. The third-order valence-corrected chi connectivity index (χ3v) is 3.83. The van der Waals surface area contributed by atoms with Crippen molar-refractivity contribution in [1.82, 2.24) is 0 Å². The molecule has 0 aliphatic rings. The summed E-state index contributed by atoms with van der Waals surface area (Å²) in [5, 5.41) is 0. The highest BCUT2D eigenvalue weighted by molar-refractivity contribution is 14.1. The van der Waals surface area contributed by atoms with Gasteiger partial charge in [0.1, 0.15) is 11.5 Å². The number of hydrogen-bond acceptors (Lipinski definition) is 2. The van der Waals surface area contributed by atoms with Crippen LogP contribution in [0.4, 0.5) is 5.69 Å². The van der Waals surface area contributed by atoms with Crippen LogP contribution in [0, 0.1) is 3.57 Å². The molecule has 3 aromatic rings. The van der Waals surface area contributed by atoms with Gasteiger partial charge in [0.2, 0.25) is 0 Å². The summed E-state index contributed by atoms with van der Waals surface area (Å²) in [5.74, 6) is 1.46. The van der Waals surface area contributed by atoms with E-state index in [4.69, 9.17) is 10.5 Å². The molecule has 0 fully saturated rings. The highest BCUT2D eigenvalue weighted by atomic mass is 127. The van der Waals surface area contributed by atoms with E-state index < -0.39 is 0 Å². The Kier molecular flexibility index (Phi) is 4.10. The molecule has 104 valence electrons. The lowest BCUT2D eigenvalue weighted by Crippen LogP contribution is -1.92. The summed E-state index contributed by atoms with van der Waals surface area (Å²) in [6.07, 6.45) is 0. The SMILES string of the molecule is Nc1cc(I)ccc1Oc1ccc(-c2ccccc2)cc1. The smallest absolute Gasteiger partial charge is 0.150 e. The maximum absolute atomic E-state index is 5.96. The lowest BCUT2D eigenvalue weighted by Gasteiger charge is -2.09. The summed E-state index contributed by atoms with van der Waals surface area (Å²) in [6.45, 7) is 0. The van der Waals surface area contributed by atoms with Crippen LogP contribution in [0.5, 0.6) is 11.5 Å². The lowest BCUT2D eigenvalue weighted by molar-refractivity contribution is 0.485. The molecular weight excluding hydrogens is 373 g/mol. The number of halogens is 1. The highest BCUT2D eigenvalue weighted by Gasteiger charge is 2.03. The predicted octanol–water partition coefficient (Wildman–Crippen LogP) is 5.33. The third kappa shape index (κ3) is 3.36. The minimum absolute atomic E-state index is 0.647. The molecule has 0 heterocycles. The average Bonchev–Trinajstić information content (AvgIpc) is 2.52. The van der Waals surface area contributed by atoms with Gasteiger partial charge < -0.3 is 10.5 Å². The Bertz CT molecular complexity index is 739. The fourth-order valence-corrected chi connectivity index (χ4v) is 2.60. The molecule has 0 spiro atoms. The summed E-state index contributed by atoms with van der Waals surface area (Å²) < 4.78 is 6.92. The molecule has 0 atom stereocenters. The first-order chi connectivity index (χ1) is 10.2. The highest BCUT2D eigenvalue weighted by Crippen LogP contribution is 2.30. The molecule has 3 heteroatoms. The van der Waals surface area contributed by atoms with Crippen LogP contribution >= 0.6 is 22.6 Å². The van der Waals surface area contributed by atoms with Gasteiger partial charge in [0.25, 0.3) is 0 Å². The Balaban J connectivity index is 1.81. The monoisotopic (exact) mass is 387 g/mol. The second-order valence-electron chi connectivity index (χ2n) is 4.67. The van der Waals surface area contributed by atoms with E-state index in [9.17, 15) is 0 Å². The van der Waals surface area contributed by atoms with E-state index in [1.165, 1.54) is 11.1 Å². The Morgan fingerprint density at radius 3 is 2.10 bits per heavy atom. The molecule has 0 saturated carbocycles. The van der Waals surface area contributed by atoms with Crippen molar-refractivity contribution in [2.45, 2.75) is 0 Å². The third-order valence-electron chi connectivity index (χ3n) is 3.16. The van der Waals surface area contributed by atoms with Gasteiger partial charge in [0, 0.05) is 3.57 Å². The molecule has 0 unspecified atom stereocenters. The zero-order valence-electron chi connectivity index (χ0n) is 11.3. The van der Waals surface area contributed by atoms with Crippen molar-refractivity contribution in [1.29, 1.82) is 0 Å². The van der Waals surface area contributed by atoms with Crippen LogP contribution in [0.25, 0.3) is 11.1 Å². The molecular formula is C18H14INO. The predicted molar refractivity (Wildman–Crippen MR) is 95.5 cm³/mol. The van der Waals surface area contributed by atoms with Crippen molar-refractivity contribution < 1.29 is 4.74 Å². The number of nitrogens with two attached hydrogens (primary N) is 1. The van der Waals surface area contributed by atoms with Gasteiger partial charge in [-0.25, -0.2) is 0 Å². The summed E-state index contributed by atoms with van der Waals surface area (Å²) in [6, 6.07) is 24.0. The second kappa shape index (κ2) is 6.18. The van der Waals surface area contributed by atoms with Gasteiger partial charge in [-0.05, 0) is 64.0 Å². The van der Waals surface area contributed by atoms with Gasteiger partial charge in [0.05, 0.1) is 5.69 Å². The quantitative estimate of drug-likeness (QED) is 0.487. The van der Waals surface area contributed by atoms with Gasteiger partial charge in [0.15, 0.2) is 0 Å². The number of ether oxygens (including phenoxy) is 1. The van der Waals surface area contributed by atoms with Crippen LogP contribution in [0.15, 0.2) is 72.8 Å². The Labute approximate surface area is 137 Å². The zero-order valence-corrected chi connectivity index (χ0v) is 13.4. The molecule has 0 saturated heterocycles. The maximum Gasteiger partial charge on any atom is 0.150 e. The largest absolute Gasteiger partial charge is 0.455 e. The Morgan fingerprint density at radius 1 is 0.762 bits per heavy atom. The van der Waals surface area contributed by atoms with E-state index in [0.717, 1.165) is 9.32 Å². The summed E-state index contributed by atoms with van der Waals surface area (Å²) in [5.41, 5.74) is 8.97. The van der Waals surface area contributed by atoms with Crippen LogP contribution in [0.1, 0.15) is 0 Å². The Hall–Kier alpha value is -2.01. The standard InChI is InChI=1S/C18H14INO/c19-15-8-11-18(17(20)12-15)21-16-9-6-14(7-10-16)13-4-2-1-3-5-13/h1-12H,20H2. The van der Waals surface area contributed by atoms with Crippen molar-refractivity contribution in [2.75, 3.05) is 5.73 Å². The number of nitrogen functional groups attached to an aromatic ring is 1. The fourth-order valence-electron chi connectivity index (χ4n) is 2.09. The van der Waals surface area contributed by atoms with Crippen LogP contribution < -0.4 is 10.5 Å². The van der Waals surface area contributed by atoms with E-state index in [-0.39, 0.29) is 0 Å². The molecule has 0 radical (unpaired) electrons. The van der Waals surface area contributed by atoms with Crippen molar-refractivity contribution in [3.8, 4) is 22.6 Å². The van der Waals surface area contributed by atoms with E-state index in [0.29, 0.717) is 11.4 Å². The lowest BCUT2D eigenvalue weighted by atomic mass is 10.1. The van der Waals surface area contributed by atoms with E-state index in [1.807, 2.05) is 60.7 Å². The maximum atomic E-state index is 5.96. The normalized spacial score (nSPS) is 10.3. The number of anilines is 1. The molecule has 0 aromatic heterocycles. The minimum Gasteiger partial charge on any atom is -0.455 e. The topological polar surface area (TPSA) is 35.2 Å². The zero-order chi connectivity index (χ0) is 14.7. The summed E-state index contributed by atoms with van der Waals surface area (Å²) in [7, 11) is 0. The van der Waals surface area contributed by atoms with Crippen molar-refractivity contribution >= 4 is 28.3 Å². The molecule has 21 heavy (non-hydrogen) atoms. The van der Waals surface area contributed by atoms with Gasteiger partial charge in [-0.3, -0.25) is 0 Å². The number of benzene rings is 3. The van der Waals surface area contributed by atoms with Gasteiger partial charge >= 0.3 is 0 Å². The molecule has 0 aliphatic carbocycles. The van der Waals surface area contributed by atoms with E-state index >= 15 is 0 Å². The molecule has 3 aromatic carbocycles. The molecule has 2 N–H and O–H groups in total. The molecule has 0 amide bonds. The van der Waals surface area contributed by atoms with Gasteiger partial charge in [-0.2, -0.15) is 0 Å². The van der Waals surface area contributed by atoms with Crippen molar-refractivity contribution in [2.24, 2.45) is 0 Å². The Morgan fingerprint density at radius 2 is 1.43 bits per heavy atom.